The van der Waals surface area contributed by atoms with Gasteiger partial charge in [-0.3, -0.25) is 4.79 Å². The van der Waals surface area contributed by atoms with Gasteiger partial charge in [0.2, 0.25) is 5.89 Å². The van der Waals surface area contributed by atoms with Crippen molar-refractivity contribution < 1.29 is 13.9 Å². The highest BCUT2D eigenvalue weighted by Gasteiger charge is 2.13. The molecule has 0 radical (unpaired) electrons. The highest BCUT2D eigenvalue weighted by molar-refractivity contribution is 9.10. The van der Waals surface area contributed by atoms with Crippen LogP contribution in [0.2, 0.25) is 0 Å². The summed E-state index contributed by atoms with van der Waals surface area (Å²) in [6.45, 7) is 6.18. The first-order valence-electron chi connectivity index (χ1n) is 10.7. The number of anilines is 1. The van der Waals surface area contributed by atoms with E-state index >= 15 is 0 Å². The molecule has 1 atom stereocenters. The summed E-state index contributed by atoms with van der Waals surface area (Å²) < 4.78 is 12.7. The summed E-state index contributed by atoms with van der Waals surface area (Å²) in [7, 11) is 0. The molecule has 0 aliphatic heterocycles. The topological polar surface area (TPSA) is 64.4 Å². The first kappa shape index (κ1) is 22.1. The molecular weight excluding hydrogens is 468 g/mol. The van der Waals surface area contributed by atoms with Crippen molar-refractivity contribution in [1.29, 1.82) is 0 Å². The second kappa shape index (κ2) is 9.57. The van der Waals surface area contributed by atoms with Crippen LogP contribution < -0.4 is 10.1 Å². The molecule has 4 aromatic rings. The van der Waals surface area contributed by atoms with E-state index in [1.165, 1.54) is 5.56 Å². The molecule has 0 fully saturated rings. The lowest BCUT2D eigenvalue weighted by atomic mass is 10.1. The Bertz CT molecular complexity index is 1250. The van der Waals surface area contributed by atoms with E-state index in [9.17, 15) is 4.79 Å². The number of carbonyl (C=O) groups excluding carboxylic acids is 1. The first-order valence-corrected chi connectivity index (χ1v) is 11.5. The van der Waals surface area contributed by atoms with Crippen LogP contribution in [-0.2, 0) is 6.42 Å². The Morgan fingerprint density at radius 3 is 2.62 bits per heavy atom. The standard InChI is InChI=1S/C26H25BrN2O3/c1-4-16(3)31-21-8-6-7-19(15-21)25(30)28-20-11-9-18(10-12-20)26-29-23-14-17(5-2)13-22(27)24(23)32-26/h6-16H,4-5H2,1-3H3,(H,28,30)/t16-/m0/s1. The molecule has 0 saturated heterocycles. The van der Waals surface area contributed by atoms with Gasteiger partial charge in [0, 0.05) is 16.8 Å². The summed E-state index contributed by atoms with van der Waals surface area (Å²) in [5, 5.41) is 2.93. The van der Waals surface area contributed by atoms with E-state index in [4.69, 9.17) is 9.15 Å². The van der Waals surface area contributed by atoms with Crippen molar-refractivity contribution in [3.05, 3.63) is 76.3 Å². The molecule has 0 spiro atoms. The molecule has 5 nitrogen and oxygen atoms in total. The molecule has 6 heteroatoms. The molecule has 0 bridgehead atoms. The molecule has 0 unspecified atom stereocenters. The van der Waals surface area contributed by atoms with E-state index in [1.54, 1.807) is 12.1 Å². The van der Waals surface area contributed by atoms with Crippen molar-refractivity contribution >= 4 is 38.6 Å². The van der Waals surface area contributed by atoms with Crippen LogP contribution in [0.5, 0.6) is 5.75 Å². The van der Waals surface area contributed by atoms with E-state index < -0.39 is 0 Å². The molecule has 32 heavy (non-hydrogen) atoms. The van der Waals surface area contributed by atoms with Gasteiger partial charge in [-0.2, -0.15) is 0 Å². The number of halogens is 1. The highest BCUT2D eigenvalue weighted by Crippen LogP contribution is 2.31. The van der Waals surface area contributed by atoms with Gasteiger partial charge in [-0.05, 0) is 95.9 Å². The maximum Gasteiger partial charge on any atom is 0.255 e. The molecule has 164 valence electrons. The van der Waals surface area contributed by atoms with Crippen LogP contribution in [0.25, 0.3) is 22.6 Å². The molecule has 1 heterocycles. The molecule has 0 aliphatic rings. The van der Waals surface area contributed by atoms with Crippen molar-refractivity contribution in [2.24, 2.45) is 0 Å². The predicted octanol–water partition coefficient (Wildman–Crippen LogP) is 7.25. The van der Waals surface area contributed by atoms with Gasteiger partial charge in [0.15, 0.2) is 5.58 Å². The van der Waals surface area contributed by atoms with Crippen LogP contribution in [0.3, 0.4) is 0 Å². The van der Waals surface area contributed by atoms with E-state index in [1.807, 2.05) is 49.4 Å². The summed E-state index contributed by atoms with van der Waals surface area (Å²) in [5.74, 6) is 1.04. The second-order valence-electron chi connectivity index (χ2n) is 7.69. The number of oxazole rings is 1. The number of amides is 1. The summed E-state index contributed by atoms with van der Waals surface area (Å²) in [6, 6.07) is 18.8. The molecular formula is C26H25BrN2O3. The number of hydrogen-bond donors (Lipinski definition) is 1. The number of aromatic nitrogens is 1. The van der Waals surface area contributed by atoms with Crippen molar-refractivity contribution in [3.63, 3.8) is 0 Å². The molecule has 1 amide bonds. The molecule has 4 rings (SSSR count). The molecule has 3 aromatic carbocycles. The summed E-state index contributed by atoms with van der Waals surface area (Å²) in [6.07, 6.45) is 1.93. The lowest BCUT2D eigenvalue weighted by Crippen LogP contribution is -2.13. The Balaban J connectivity index is 1.50. The smallest absolute Gasteiger partial charge is 0.255 e. The third kappa shape index (κ3) is 4.86. The maximum absolute atomic E-state index is 12.7. The van der Waals surface area contributed by atoms with Crippen molar-refractivity contribution in [3.8, 4) is 17.2 Å². The fraction of sp³-hybridized carbons (Fsp3) is 0.231. The average molecular weight is 493 g/mol. The normalized spacial score (nSPS) is 12.0. The minimum Gasteiger partial charge on any atom is -0.491 e. The minimum absolute atomic E-state index is 0.0990. The van der Waals surface area contributed by atoms with Gasteiger partial charge in [-0.1, -0.05) is 19.9 Å². The minimum atomic E-state index is -0.190. The van der Waals surface area contributed by atoms with Crippen molar-refractivity contribution in [1.82, 2.24) is 4.98 Å². The highest BCUT2D eigenvalue weighted by atomic mass is 79.9. The van der Waals surface area contributed by atoms with Gasteiger partial charge >= 0.3 is 0 Å². The van der Waals surface area contributed by atoms with Gasteiger partial charge in [-0.15, -0.1) is 0 Å². The SMILES string of the molecule is CCc1cc(Br)c2oc(-c3ccc(NC(=O)c4cccc(O[C@@H](C)CC)c4)cc3)nc2c1. The number of carbonyl (C=O) groups is 1. The summed E-state index contributed by atoms with van der Waals surface area (Å²) in [4.78, 5) is 17.3. The number of aryl methyl sites for hydroxylation is 1. The Kier molecular flexibility index (Phi) is 6.61. The Morgan fingerprint density at radius 2 is 1.91 bits per heavy atom. The largest absolute Gasteiger partial charge is 0.491 e. The lowest BCUT2D eigenvalue weighted by molar-refractivity contribution is 0.102. The van der Waals surface area contributed by atoms with Crippen LogP contribution in [0.1, 0.15) is 43.1 Å². The number of nitrogens with zero attached hydrogens (tertiary/aromatic N) is 1. The van der Waals surface area contributed by atoms with Crippen molar-refractivity contribution in [2.45, 2.75) is 39.7 Å². The second-order valence-corrected chi connectivity index (χ2v) is 8.55. The van der Waals surface area contributed by atoms with Crippen LogP contribution in [0.15, 0.2) is 69.6 Å². The predicted molar refractivity (Wildman–Crippen MR) is 131 cm³/mol. The zero-order chi connectivity index (χ0) is 22.7. The van der Waals surface area contributed by atoms with E-state index in [2.05, 4.69) is 46.1 Å². The maximum atomic E-state index is 12.7. The molecule has 1 N–H and O–H groups in total. The first-order chi connectivity index (χ1) is 15.5. The van der Waals surface area contributed by atoms with Gasteiger partial charge in [0.1, 0.15) is 11.3 Å². The van der Waals surface area contributed by atoms with E-state index in [0.717, 1.165) is 34.0 Å². The quantitative estimate of drug-likeness (QED) is 0.295. The molecule has 1 aromatic heterocycles. The average Bonchev–Trinajstić information content (AvgIpc) is 3.24. The van der Waals surface area contributed by atoms with Crippen LogP contribution >= 0.6 is 15.9 Å². The number of ether oxygens (including phenoxy) is 1. The number of rotatable bonds is 7. The number of benzene rings is 3. The van der Waals surface area contributed by atoms with Crippen LogP contribution in [0, 0.1) is 0 Å². The Hall–Kier alpha value is -3.12. The van der Waals surface area contributed by atoms with Crippen molar-refractivity contribution in [2.75, 3.05) is 5.32 Å². The number of hydrogen-bond acceptors (Lipinski definition) is 4. The monoisotopic (exact) mass is 492 g/mol. The molecule has 0 saturated carbocycles. The Labute approximate surface area is 195 Å². The van der Waals surface area contributed by atoms with Gasteiger partial charge in [-0.25, -0.2) is 4.98 Å². The molecule has 0 aliphatic carbocycles. The van der Waals surface area contributed by atoms with E-state index in [-0.39, 0.29) is 12.0 Å². The fourth-order valence-corrected chi connectivity index (χ4v) is 3.88. The summed E-state index contributed by atoms with van der Waals surface area (Å²) >= 11 is 3.57. The van der Waals surface area contributed by atoms with Gasteiger partial charge in [0.25, 0.3) is 5.91 Å². The zero-order valence-corrected chi connectivity index (χ0v) is 19.9. The number of fused-ring (bicyclic) bond motifs is 1. The summed E-state index contributed by atoms with van der Waals surface area (Å²) in [5.41, 5.74) is 4.83. The van der Waals surface area contributed by atoms with E-state index in [0.29, 0.717) is 22.9 Å². The zero-order valence-electron chi connectivity index (χ0n) is 18.3. The lowest BCUT2D eigenvalue weighted by Gasteiger charge is -2.13. The van der Waals surface area contributed by atoms with Crippen LogP contribution in [-0.4, -0.2) is 17.0 Å². The number of nitrogens with one attached hydrogen (secondary N) is 1. The van der Waals surface area contributed by atoms with Crippen LogP contribution in [0.4, 0.5) is 5.69 Å². The third-order valence-corrected chi connectivity index (χ3v) is 5.90. The van der Waals surface area contributed by atoms with Gasteiger partial charge in [0.05, 0.1) is 10.6 Å². The fourth-order valence-electron chi connectivity index (χ4n) is 3.30. The third-order valence-electron chi connectivity index (χ3n) is 5.31. The Morgan fingerprint density at radius 1 is 1.12 bits per heavy atom. The van der Waals surface area contributed by atoms with Gasteiger partial charge < -0.3 is 14.5 Å².